The minimum Gasteiger partial charge on any atom is -0.338 e. The first-order valence-electron chi connectivity index (χ1n) is 7.41. The summed E-state index contributed by atoms with van der Waals surface area (Å²) >= 11 is 0. The standard InChI is InChI=1S/C16H17N5/c1-2-6-12(7-3-1)20-15-14-16(18-10-17-15)21(11-19-14)13-8-4-5-9-13/h1-3,6-7,10-11,13H,4-5,8-9H2,(H,17,18,20). The molecule has 2 heterocycles. The highest BCUT2D eigenvalue weighted by Gasteiger charge is 2.20. The molecule has 1 aromatic carbocycles. The van der Waals surface area contributed by atoms with Crippen molar-refractivity contribution in [2.75, 3.05) is 5.32 Å². The Bertz CT molecular complexity index is 744. The molecule has 1 aliphatic rings. The van der Waals surface area contributed by atoms with Crippen LogP contribution in [0, 0.1) is 0 Å². The molecule has 5 heteroatoms. The summed E-state index contributed by atoms with van der Waals surface area (Å²) in [7, 11) is 0. The molecule has 0 radical (unpaired) electrons. The number of fused-ring (bicyclic) bond motifs is 1. The van der Waals surface area contributed by atoms with E-state index < -0.39 is 0 Å². The molecule has 0 amide bonds. The van der Waals surface area contributed by atoms with Crippen LogP contribution >= 0.6 is 0 Å². The largest absolute Gasteiger partial charge is 0.338 e. The van der Waals surface area contributed by atoms with Crippen molar-refractivity contribution in [3.05, 3.63) is 43.0 Å². The van der Waals surface area contributed by atoms with E-state index in [4.69, 9.17) is 0 Å². The second-order valence-corrected chi connectivity index (χ2v) is 5.48. The van der Waals surface area contributed by atoms with Crippen molar-refractivity contribution in [1.82, 2.24) is 19.5 Å². The average molecular weight is 279 g/mol. The maximum absolute atomic E-state index is 4.53. The van der Waals surface area contributed by atoms with Gasteiger partial charge in [0, 0.05) is 11.7 Å². The van der Waals surface area contributed by atoms with Gasteiger partial charge in [-0.05, 0) is 25.0 Å². The molecule has 0 atom stereocenters. The summed E-state index contributed by atoms with van der Waals surface area (Å²) < 4.78 is 2.21. The van der Waals surface area contributed by atoms with E-state index in [1.54, 1.807) is 6.33 Å². The van der Waals surface area contributed by atoms with E-state index in [1.807, 2.05) is 36.7 Å². The molecular weight excluding hydrogens is 262 g/mol. The van der Waals surface area contributed by atoms with Gasteiger partial charge >= 0.3 is 0 Å². The topological polar surface area (TPSA) is 55.6 Å². The lowest BCUT2D eigenvalue weighted by molar-refractivity contribution is 0.529. The maximum atomic E-state index is 4.53. The molecule has 0 unspecified atom stereocenters. The molecule has 0 aliphatic heterocycles. The van der Waals surface area contributed by atoms with Crippen molar-refractivity contribution in [2.45, 2.75) is 31.7 Å². The van der Waals surface area contributed by atoms with Crippen molar-refractivity contribution in [3.63, 3.8) is 0 Å². The van der Waals surface area contributed by atoms with E-state index in [0.717, 1.165) is 22.7 Å². The predicted molar refractivity (Wildman–Crippen MR) is 82.6 cm³/mol. The Kier molecular flexibility index (Phi) is 3.03. The summed E-state index contributed by atoms with van der Waals surface area (Å²) in [6.45, 7) is 0. The number of nitrogens with zero attached hydrogens (tertiary/aromatic N) is 4. The molecule has 106 valence electrons. The third-order valence-electron chi connectivity index (χ3n) is 4.11. The first kappa shape index (κ1) is 12.3. The van der Waals surface area contributed by atoms with Gasteiger partial charge in [0.15, 0.2) is 17.0 Å². The molecule has 21 heavy (non-hydrogen) atoms. The highest BCUT2D eigenvalue weighted by Crippen LogP contribution is 2.32. The molecule has 0 saturated heterocycles. The summed E-state index contributed by atoms with van der Waals surface area (Å²) in [5.74, 6) is 0.767. The molecule has 0 spiro atoms. The summed E-state index contributed by atoms with van der Waals surface area (Å²) in [5, 5.41) is 3.32. The molecule has 0 bridgehead atoms. The van der Waals surface area contributed by atoms with Gasteiger partial charge in [-0.25, -0.2) is 15.0 Å². The molecule has 1 aliphatic carbocycles. The minimum absolute atomic E-state index is 0.537. The van der Waals surface area contributed by atoms with Gasteiger partial charge in [0.1, 0.15) is 6.33 Å². The van der Waals surface area contributed by atoms with E-state index in [9.17, 15) is 0 Å². The first-order valence-corrected chi connectivity index (χ1v) is 7.41. The van der Waals surface area contributed by atoms with Crippen molar-refractivity contribution in [2.24, 2.45) is 0 Å². The molecule has 1 saturated carbocycles. The van der Waals surface area contributed by atoms with E-state index in [2.05, 4.69) is 24.8 Å². The van der Waals surface area contributed by atoms with Crippen LogP contribution in [-0.4, -0.2) is 19.5 Å². The Morgan fingerprint density at radius 1 is 1.00 bits per heavy atom. The number of nitrogens with one attached hydrogen (secondary N) is 1. The Hall–Kier alpha value is -2.43. The fourth-order valence-corrected chi connectivity index (χ4v) is 3.05. The summed E-state index contributed by atoms with van der Waals surface area (Å²) in [5.41, 5.74) is 2.77. The Morgan fingerprint density at radius 2 is 1.81 bits per heavy atom. The molecule has 1 fully saturated rings. The Balaban J connectivity index is 1.73. The van der Waals surface area contributed by atoms with Crippen molar-refractivity contribution < 1.29 is 0 Å². The van der Waals surface area contributed by atoms with Crippen LogP contribution in [0.3, 0.4) is 0 Å². The first-order chi connectivity index (χ1) is 10.4. The summed E-state index contributed by atoms with van der Waals surface area (Å²) in [6, 6.07) is 10.6. The lowest BCUT2D eigenvalue weighted by Crippen LogP contribution is -2.04. The average Bonchev–Trinajstić information content (AvgIpc) is 3.17. The highest BCUT2D eigenvalue weighted by molar-refractivity contribution is 5.85. The van der Waals surface area contributed by atoms with Crippen LogP contribution in [0.1, 0.15) is 31.7 Å². The van der Waals surface area contributed by atoms with Gasteiger partial charge in [-0.15, -0.1) is 0 Å². The minimum atomic E-state index is 0.537. The van der Waals surface area contributed by atoms with Crippen molar-refractivity contribution in [3.8, 4) is 0 Å². The van der Waals surface area contributed by atoms with E-state index in [0.29, 0.717) is 6.04 Å². The van der Waals surface area contributed by atoms with Crippen molar-refractivity contribution in [1.29, 1.82) is 0 Å². The fourth-order valence-electron chi connectivity index (χ4n) is 3.05. The van der Waals surface area contributed by atoms with Crippen LogP contribution in [0.2, 0.25) is 0 Å². The van der Waals surface area contributed by atoms with E-state index in [-0.39, 0.29) is 0 Å². The predicted octanol–water partition coefficient (Wildman–Crippen LogP) is 3.69. The normalized spacial score (nSPS) is 15.6. The van der Waals surface area contributed by atoms with Crippen LogP contribution in [0.15, 0.2) is 43.0 Å². The van der Waals surface area contributed by atoms with Gasteiger partial charge in [0.05, 0.1) is 6.33 Å². The SMILES string of the molecule is c1ccc(Nc2ncnc3c2ncn3C2CCCC2)cc1. The summed E-state index contributed by atoms with van der Waals surface area (Å²) in [6.07, 6.45) is 8.55. The molecule has 3 aromatic rings. The van der Waals surface area contributed by atoms with Crippen LogP contribution in [-0.2, 0) is 0 Å². The number of para-hydroxylation sites is 1. The van der Waals surface area contributed by atoms with Crippen LogP contribution < -0.4 is 5.32 Å². The third kappa shape index (κ3) is 2.24. The lowest BCUT2D eigenvalue weighted by atomic mass is 10.2. The smallest absolute Gasteiger partial charge is 0.165 e. The number of imidazole rings is 1. The quantitative estimate of drug-likeness (QED) is 0.794. The number of benzene rings is 1. The van der Waals surface area contributed by atoms with E-state index in [1.165, 1.54) is 25.7 Å². The molecule has 1 N–H and O–H groups in total. The highest BCUT2D eigenvalue weighted by atomic mass is 15.2. The van der Waals surface area contributed by atoms with Crippen LogP contribution in [0.5, 0.6) is 0 Å². The molecule has 2 aromatic heterocycles. The second-order valence-electron chi connectivity index (χ2n) is 5.48. The Morgan fingerprint density at radius 3 is 2.62 bits per heavy atom. The third-order valence-corrected chi connectivity index (χ3v) is 4.11. The van der Waals surface area contributed by atoms with Crippen molar-refractivity contribution >= 4 is 22.7 Å². The number of hydrogen-bond donors (Lipinski definition) is 1. The maximum Gasteiger partial charge on any atom is 0.165 e. The molecule has 5 nitrogen and oxygen atoms in total. The second kappa shape index (κ2) is 5.16. The number of hydrogen-bond acceptors (Lipinski definition) is 4. The van der Waals surface area contributed by atoms with E-state index >= 15 is 0 Å². The van der Waals surface area contributed by atoms with Crippen LogP contribution in [0.4, 0.5) is 11.5 Å². The van der Waals surface area contributed by atoms with Crippen LogP contribution in [0.25, 0.3) is 11.2 Å². The zero-order valence-corrected chi connectivity index (χ0v) is 11.7. The summed E-state index contributed by atoms with van der Waals surface area (Å²) in [4.78, 5) is 13.3. The van der Waals surface area contributed by atoms with Gasteiger partial charge in [-0.1, -0.05) is 31.0 Å². The van der Waals surface area contributed by atoms with Gasteiger partial charge < -0.3 is 9.88 Å². The van der Waals surface area contributed by atoms with Gasteiger partial charge in [0.25, 0.3) is 0 Å². The molecular formula is C16H17N5. The monoisotopic (exact) mass is 279 g/mol. The molecule has 4 rings (SSSR count). The number of rotatable bonds is 3. The van der Waals surface area contributed by atoms with Gasteiger partial charge in [0.2, 0.25) is 0 Å². The van der Waals surface area contributed by atoms with Gasteiger partial charge in [-0.2, -0.15) is 0 Å². The Labute approximate surface area is 123 Å². The number of anilines is 2. The fraction of sp³-hybridized carbons (Fsp3) is 0.312. The zero-order chi connectivity index (χ0) is 14.1. The number of aromatic nitrogens is 4. The zero-order valence-electron chi connectivity index (χ0n) is 11.7. The lowest BCUT2D eigenvalue weighted by Gasteiger charge is -2.11. The van der Waals surface area contributed by atoms with Gasteiger partial charge in [-0.3, -0.25) is 0 Å².